The lowest BCUT2D eigenvalue weighted by Gasteiger charge is -2.12. The number of nitrogens with zero attached hydrogens (tertiary/aromatic N) is 3. The molecule has 5 heteroatoms. The number of aromatic nitrogens is 3. The van der Waals surface area contributed by atoms with Crippen molar-refractivity contribution >= 4 is 11.3 Å². The summed E-state index contributed by atoms with van der Waals surface area (Å²) in [7, 11) is 1.95. The van der Waals surface area contributed by atoms with Gasteiger partial charge in [-0.2, -0.15) is 5.10 Å². The van der Waals surface area contributed by atoms with Crippen LogP contribution in [0.5, 0.6) is 0 Å². The molecule has 2 aromatic rings. The van der Waals surface area contributed by atoms with Crippen LogP contribution in [0.4, 0.5) is 0 Å². The van der Waals surface area contributed by atoms with E-state index in [9.17, 15) is 0 Å². The molecule has 0 aliphatic rings. The number of hydrogen-bond acceptors (Lipinski definition) is 4. The summed E-state index contributed by atoms with van der Waals surface area (Å²) in [6.45, 7) is 7.27. The average Bonchev–Trinajstić information content (AvgIpc) is 2.85. The first-order chi connectivity index (χ1) is 8.56. The predicted molar refractivity (Wildman–Crippen MR) is 74.9 cm³/mol. The fraction of sp³-hybridized carbons (Fsp3) is 0.538. The summed E-state index contributed by atoms with van der Waals surface area (Å²) in [4.78, 5) is 5.81. The minimum atomic E-state index is 0.361. The van der Waals surface area contributed by atoms with Crippen LogP contribution >= 0.6 is 11.3 Å². The fourth-order valence-electron chi connectivity index (χ4n) is 2.05. The zero-order valence-electron chi connectivity index (χ0n) is 11.4. The molecule has 1 atom stereocenters. The van der Waals surface area contributed by atoms with Gasteiger partial charge in [0, 0.05) is 37.1 Å². The molecule has 0 radical (unpaired) electrons. The smallest absolute Gasteiger partial charge is 0.0900 e. The van der Waals surface area contributed by atoms with Crippen molar-refractivity contribution in [2.24, 2.45) is 7.05 Å². The molecule has 0 saturated carbocycles. The molecule has 0 aromatic carbocycles. The zero-order valence-corrected chi connectivity index (χ0v) is 12.2. The van der Waals surface area contributed by atoms with Crippen LogP contribution in [-0.4, -0.2) is 21.3 Å². The highest BCUT2D eigenvalue weighted by atomic mass is 32.1. The zero-order chi connectivity index (χ0) is 13.1. The largest absolute Gasteiger partial charge is 0.309 e. The quantitative estimate of drug-likeness (QED) is 0.901. The number of thiazole rings is 1. The van der Waals surface area contributed by atoms with Gasteiger partial charge in [-0.3, -0.25) is 4.68 Å². The lowest BCUT2D eigenvalue weighted by molar-refractivity contribution is 0.575. The van der Waals surface area contributed by atoms with E-state index in [1.165, 1.54) is 4.88 Å². The molecule has 1 N–H and O–H groups in total. The Hall–Kier alpha value is -1.20. The minimum absolute atomic E-state index is 0.361. The first-order valence-corrected chi connectivity index (χ1v) is 7.03. The van der Waals surface area contributed by atoms with Crippen molar-refractivity contribution < 1.29 is 0 Å². The molecule has 0 aliphatic heterocycles. The molecule has 0 fully saturated rings. The molecule has 0 spiro atoms. The maximum Gasteiger partial charge on any atom is 0.0900 e. The normalized spacial score (nSPS) is 12.9. The Balaban J connectivity index is 1.85. The molecular formula is C13H20N4S. The molecule has 1 unspecified atom stereocenters. The van der Waals surface area contributed by atoms with Gasteiger partial charge in [0.15, 0.2) is 0 Å². The van der Waals surface area contributed by atoms with Crippen molar-refractivity contribution in [3.8, 4) is 0 Å². The number of rotatable bonds is 5. The highest BCUT2D eigenvalue weighted by Crippen LogP contribution is 2.24. The van der Waals surface area contributed by atoms with Gasteiger partial charge in [0.25, 0.3) is 0 Å². The Labute approximate surface area is 112 Å². The Morgan fingerprint density at radius 1 is 1.44 bits per heavy atom. The number of hydrogen-bond donors (Lipinski definition) is 1. The van der Waals surface area contributed by atoms with E-state index in [4.69, 9.17) is 0 Å². The van der Waals surface area contributed by atoms with Crippen molar-refractivity contribution in [2.75, 3.05) is 6.54 Å². The van der Waals surface area contributed by atoms with Crippen molar-refractivity contribution in [3.05, 3.63) is 33.5 Å². The van der Waals surface area contributed by atoms with Gasteiger partial charge in [-0.25, -0.2) is 4.98 Å². The molecule has 18 heavy (non-hydrogen) atoms. The second-order valence-electron chi connectivity index (χ2n) is 4.59. The van der Waals surface area contributed by atoms with E-state index >= 15 is 0 Å². The summed E-state index contributed by atoms with van der Waals surface area (Å²) in [6.07, 6.45) is 2.94. The van der Waals surface area contributed by atoms with Gasteiger partial charge in [0.05, 0.1) is 16.4 Å². The molecule has 2 aromatic heterocycles. The van der Waals surface area contributed by atoms with Crippen LogP contribution in [0.3, 0.4) is 0 Å². The SMILES string of the molecule is Cc1nc(C)c(C(C)NCCc2ccn(C)n2)s1. The fourth-order valence-corrected chi connectivity index (χ4v) is 3.01. The van der Waals surface area contributed by atoms with Crippen LogP contribution in [0.1, 0.15) is 34.2 Å². The first-order valence-electron chi connectivity index (χ1n) is 6.22. The van der Waals surface area contributed by atoms with Gasteiger partial charge >= 0.3 is 0 Å². The molecule has 0 bridgehead atoms. The number of aryl methyl sites for hydroxylation is 3. The highest BCUT2D eigenvalue weighted by molar-refractivity contribution is 7.11. The van der Waals surface area contributed by atoms with Gasteiger partial charge in [-0.05, 0) is 26.8 Å². The third-order valence-electron chi connectivity index (χ3n) is 2.93. The number of nitrogens with one attached hydrogen (secondary N) is 1. The summed E-state index contributed by atoms with van der Waals surface area (Å²) in [6, 6.07) is 2.42. The van der Waals surface area contributed by atoms with E-state index in [2.05, 4.69) is 42.2 Å². The monoisotopic (exact) mass is 264 g/mol. The van der Waals surface area contributed by atoms with Crippen molar-refractivity contribution in [2.45, 2.75) is 33.2 Å². The highest BCUT2D eigenvalue weighted by Gasteiger charge is 2.12. The summed E-state index contributed by atoms with van der Waals surface area (Å²) >= 11 is 1.78. The van der Waals surface area contributed by atoms with Crippen LogP contribution in [-0.2, 0) is 13.5 Å². The Kier molecular flexibility index (Phi) is 4.14. The van der Waals surface area contributed by atoms with Gasteiger partial charge in [-0.1, -0.05) is 0 Å². The van der Waals surface area contributed by atoms with E-state index in [0.717, 1.165) is 29.4 Å². The van der Waals surface area contributed by atoms with Crippen LogP contribution in [0.15, 0.2) is 12.3 Å². The maximum absolute atomic E-state index is 4.46. The lowest BCUT2D eigenvalue weighted by atomic mass is 10.2. The van der Waals surface area contributed by atoms with E-state index in [-0.39, 0.29) is 0 Å². The third-order valence-corrected chi connectivity index (χ3v) is 4.19. The maximum atomic E-state index is 4.46. The Bertz CT molecular complexity index is 515. The minimum Gasteiger partial charge on any atom is -0.309 e. The standard InChI is InChI=1S/C13H20N4S/c1-9(13-10(2)15-11(3)18-13)14-7-5-12-6-8-17(4)16-12/h6,8-9,14H,5,7H2,1-4H3. The third kappa shape index (κ3) is 3.17. The molecule has 0 amide bonds. The molecule has 0 aliphatic carbocycles. The molecule has 0 saturated heterocycles. The van der Waals surface area contributed by atoms with Crippen LogP contribution in [0.25, 0.3) is 0 Å². The van der Waals surface area contributed by atoms with Crippen LogP contribution in [0.2, 0.25) is 0 Å². The van der Waals surface area contributed by atoms with E-state index in [0.29, 0.717) is 6.04 Å². The second kappa shape index (κ2) is 5.63. The summed E-state index contributed by atoms with van der Waals surface area (Å²) < 4.78 is 1.84. The topological polar surface area (TPSA) is 42.7 Å². The van der Waals surface area contributed by atoms with Crippen molar-refractivity contribution in [1.82, 2.24) is 20.1 Å². The molecule has 2 rings (SSSR count). The van der Waals surface area contributed by atoms with E-state index in [1.54, 1.807) is 11.3 Å². The first kappa shape index (κ1) is 13.2. The molecule has 2 heterocycles. The Morgan fingerprint density at radius 2 is 2.22 bits per heavy atom. The van der Waals surface area contributed by atoms with E-state index < -0.39 is 0 Å². The molecule has 98 valence electrons. The Morgan fingerprint density at radius 3 is 2.78 bits per heavy atom. The predicted octanol–water partition coefficient (Wildman–Crippen LogP) is 2.39. The molecular weight excluding hydrogens is 244 g/mol. The molecule has 4 nitrogen and oxygen atoms in total. The lowest BCUT2D eigenvalue weighted by Crippen LogP contribution is -2.21. The van der Waals surface area contributed by atoms with Gasteiger partial charge in [-0.15, -0.1) is 11.3 Å². The summed E-state index contributed by atoms with van der Waals surface area (Å²) in [5, 5.41) is 9.04. The van der Waals surface area contributed by atoms with E-state index in [1.807, 2.05) is 17.9 Å². The summed E-state index contributed by atoms with van der Waals surface area (Å²) in [5.74, 6) is 0. The van der Waals surface area contributed by atoms with Crippen molar-refractivity contribution in [3.63, 3.8) is 0 Å². The van der Waals surface area contributed by atoms with Crippen LogP contribution < -0.4 is 5.32 Å². The van der Waals surface area contributed by atoms with Crippen molar-refractivity contribution in [1.29, 1.82) is 0 Å². The van der Waals surface area contributed by atoms with Gasteiger partial charge in [0.2, 0.25) is 0 Å². The van der Waals surface area contributed by atoms with Gasteiger partial charge in [0.1, 0.15) is 0 Å². The van der Waals surface area contributed by atoms with Crippen LogP contribution in [0, 0.1) is 13.8 Å². The summed E-state index contributed by atoms with van der Waals surface area (Å²) in [5.41, 5.74) is 2.28. The average molecular weight is 264 g/mol. The second-order valence-corrected chi connectivity index (χ2v) is 5.82. The van der Waals surface area contributed by atoms with Gasteiger partial charge < -0.3 is 5.32 Å².